The average molecular weight is 395 g/mol. The number of carbonyl (C=O) groups is 1. The molecular formula is C22H17N7O. The van der Waals surface area contributed by atoms with Crippen molar-refractivity contribution >= 4 is 22.9 Å². The third-order valence-electron chi connectivity index (χ3n) is 5.39. The molecule has 4 aromatic rings. The SMILES string of the molecule is O=C1NC(c2ccccn2)NC2=C1C(c1ccccn1)n1c(nc3ccccc31)N2. The van der Waals surface area contributed by atoms with E-state index in [1.54, 1.807) is 12.4 Å². The largest absolute Gasteiger partial charge is 0.346 e. The molecule has 146 valence electrons. The number of para-hydroxylation sites is 2. The van der Waals surface area contributed by atoms with Crippen LogP contribution in [0.5, 0.6) is 0 Å². The normalized spacial score (nSPS) is 20.1. The molecule has 1 amide bonds. The standard InChI is InChI=1S/C22H17N7O/c30-21-17-18(14-8-3-5-11-23-14)29-16-10-2-1-7-13(16)25-22(29)28-20(17)26-19(27-21)15-9-4-6-12-24-15/h1-12,18-19,26H,(H,25,28)(H,27,30). The van der Waals surface area contributed by atoms with Gasteiger partial charge in [-0.25, -0.2) is 4.98 Å². The Morgan fingerprint density at radius 1 is 0.833 bits per heavy atom. The Morgan fingerprint density at radius 2 is 1.57 bits per heavy atom. The number of imidazole rings is 1. The lowest BCUT2D eigenvalue weighted by Crippen LogP contribution is -2.50. The van der Waals surface area contributed by atoms with E-state index in [1.165, 1.54) is 0 Å². The van der Waals surface area contributed by atoms with Crippen molar-refractivity contribution in [3.8, 4) is 0 Å². The highest BCUT2D eigenvalue weighted by atomic mass is 16.2. The molecule has 2 unspecified atom stereocenters. The van der Waals surface area contributed by atoms with Crippen LogP contribution in [-0.2, 0) is 4.79 Å². The number of hydrogen-bond acceptors (Lipinski definition) is 6. The van der Waals surface area contributed by atoms with Gasteiger partial charge in [0, 0.05) is 12.4 Å². The average Bonchev–Trinajstić information content (AvgIpc) is 3.17. The molecule has 1 aromatic carbocycles. The Bertz CT molecular complexity index is 1300. The summed E-state index contributed by atoms with van der Waals surface area (Å²) in [5.74, 6) is 1.10. The maximum Gasteiger partial charge on any atom is 0.255 e. The molecule has 6 rings (SSSR count). The smallest absolute Gasteiger partial charge is 0.255 e. The minimum atomic E-state index is -0.440. The molecule has 2 atom stereocenters. The highest BCUT2D eigenvalue weighted by Crippen LogP contribution is 2.39. The third kappa shape index (κ3) is 2.47. The number of nitrogens with one attached hydrogen (secondary N) is 3. The highest BCUT2D eigenvalue weighted by molar-refractivity contribution is 5.98. The van der Waals surface area contributed by atoms with Crippen LogP contribution < -0.4 is 16.0 Å². The molecule has 3 aromatic heterocycles. The molecule has 0 aliphatic carbocycles. The van der Waals surface area contributed by atoms with Crippen molar-refractivity contribution in [2.45, 2.75) is 12.2 Å². The van der Waals surface area contributed by atoms with Crippen molar-refractivity contribution in [2.24, 2.45) is 0 Å². The minimum Gasteiger partial charge on any atom is -0.346 e. The van der Waals surface area contributed by atoms with Gasteiger partial charge in [0.2, 0.25) is 5.95 Å². The minimum absolute atomic E-state index is 0.175. The van der Waals surface area contributed by atoms with E-state index in [-0.39, 0.29) is 5.91 Å². The number of amides is 1. The van der Waals surface area contributed by atoms with Gasteiger partial charge >= 0.3 is 0 Å². The lowest BCUT2D eigenvalue weighted by Gasteiger charge is -2.37. The van der Waals surface area contributed by atoms with Crippen LogP contribution in [0.1, 0.15) is 23.6 Å². The number of nitrogens with zero attached hydrogens (tertiary/aromatic N) is 4. The summed E-state index contributed by atoms with van der Waals surface area (Å²) in [6, 6.07) is 18.8. The summed E-state index contributed by atoms with van der Waals surface area (Å²) >= 11 is 0. The molecule has 0 radical (unpaired) electrons. The van der Waals surface area contributed by atoms with Crippen LogP contribution in [0.4, 0.5) is 5.95 Å². The summed E-state index contributed by atoms with van der Waals surface area (Å²) in [5.41, 5.74) is 3.85. The van der Waals surface area contributed by atoms with Crippen LogP contribution in [0.15, 0.2) is 84.5 Å². The molecule has 0 spiro atoms. The van der Waals surface area contributed by atoms with E-state index in [0.717, 1.165) is 22.4 Å². The summed E-state index contributed by atoms with van der Waals surface area (Å²) in [6.45, 7) is 0. The monoisotopic (exact) mass is 395 g/mol. The molecule has 0 saturated carbocycles. The Balaban J connectivity index is 1.54. The number of hydrogen-bond donors (Lipinski definition) is 3. The van der Waals surface area contributed by atoms with Gasteiger partial charge in [-0.05, 0) is 36.4 Å². The van der Waals surface area contributed by atoms with Gasteiger partial charge in [-0.3, -0.25) is 19.3 Å². The van der Waals surface area contributed by atoms with Crippen LogP contribution in [0.3, 0.4) is 0 Å². The van der Waals surface area contributed by atoms with Gasteiger partial charge in [0.1, 0.15) is 18.0 Å². The van der Waals surface area contributed by atoms with E-state index in [1.807, 2.05) is 65.2 Å². The van der Waals surface area contributed by atoms with Crippen molar-refractivity contribution in [2.75, 3.05) is 5.32 Å². The summed E-state index contributed by atoms with van der Waals surface area (Å²) in [7, 11) is 0. The number of benzene rings is 1. The zero-order valence-corrected chi connectivity index (χ0v) is 15.8. The lowest BCUT2D eigenvalue weighted by molar-refractivity contribution is -0.119. The van der Waals surface area contributed by atoms with Crippen LogP contribution in [0.25, 0.3) is 11.0 Å². The maximum absolute atomic E-state index is 13.3. The van der Waals surface area contributed by atoms with Crippen molar-refractivity contribution in [3.05, 3.63) is 95.8 Å². The highest BCUT2D eigenvalue weighted by Gasteiger charge is 2.40. The first-order valence-electron chi connectivity index (χ1n) is 9.67. The fraction of sp³-hybridized carbons (Fsp3) is 0.0909. The second-order valence-electron chi connectivity index (χ2n) is 7.17. The Kier molecular flexibility index (Phi) is 3.58. The molecule has 0 fully saturated rings. The number of carbonyl (C=O) groups excluding carboxylic acids is 1. The second kappa shape index (κ2) is 6.41. The van der Waals surface area contributed by atoms with E-state index >= 15 is 0 Å². The summed E-state index contributed by atoms with van der Waals surface area (Å²) in [4.78, 5) is 27.0. The number of fused-ring (bicyclic) bond motifs is 3. The predicted octanol–water partition coefficient (Wildman–Crippen LogP) is 2.47. The number of aromatic nitrogens is 4. The van der Waals surface area contributed by atoms with Crippen LogP contribution in [-0.4, -0.2) is 25.4 Å². The van der Waals surface area contributed by atoms with E-state index in [0.29, 0.717) is 17.3 Å². The predicted molar refractivity (Wildman–Crippen MR) is 111 cm³/mol. The van der Waals surface area contributed by atoms with Crippen molar-refractivity contribution < 1.29 is 4.79 Å². The van der Waals surface area contributed by atoms with Gasteiger partial charge in [-0.2, -0.15) is 0 Å². The zero-order chi connectivity index (χ0) is 20.1. The van der Waals surface area contributed by atoms with E-state index in [9.17, 15) is 4.79 Å². The summed E-state index contributed by atoms with van der Waals surface area (Å²) in [6.07, 6.45) is 3.00. The molecule has 2 aliphatic rings. The van der Waals surface area contributed by atoms with Gasteiger partial charge < -0.3 is 16.0 Å². The van der Waals surface area contributed by atoms with Gasteiger partial charge in [0.25, 0.3) is 5.91 Å². The third-order valence-corrected chi connectivity index (χ3v) is 5.39. The topological polar surface area (TPSA) is 96.8 Å². The van der Waals surface area contributed by atoms with Crippen LogP contribution >= 0.6 is 0 Å². The van der Waals surface area contributed by atoms with Gasteiger partial charge in [0.15, 0.2) is 0 Å². The fourth-order valence-corrected chi connectivity index (χ4v) is 4.09. The molecule has 2 aliphatic heterocycles. The summed E-state index contributed by atoms with van der Waals surface area (Å²) < 4.78 is 2.03. The van der Waals surface area contributed by atoms with Crippen molar-refractivity contribution in [3.63, 3.8) is 0 Å². The Labute approximate surface area is 171 Å². The lowest BCUT2D eigenvalue weighted by atomic mass is 9.98. The Morgan fingerprint density at radius 3 is 2.33 bits per heavy atom. The summed E-state index contributed by atoms with van der Waals surface area (Å²) in [5, 5.41) is 9.73. The molecule has 8 nitrogen and oxygen atoms in total. The molecule has 8 heteroatoms. The molecule has 3 N–H and O–H groups in total. The van der Waals surface area contributed by atoms with E-state index in [4.69, 9.17) is 4.98 Å². The van der Waals surface area contributed by atoms with Gasteiger partial charge in [-0.1, -0.05) is 24.3 Å². The van der Waals surface area contributed by atoms with Crippen molar-refractivity contribution in [1.82, 2.24) is 30.2 Å². The van der Waals surface area contributed by atoms with Crippen LogP contribution in [0, 0.1) is 0 Å². The van der Waals surface area contributed by atoms with Crippen LogP contribution in [0.2, 0.25) is 0 Å². The molecular weight excluding hydrogens is 378 g/mol. The maximum atomic E-state index is 13.3. The number of pyridine rings is 2. The molecule has 0 bridgehead atoms. The first kappa shape index (κ1) is 16.7. The first-order valence-corrected chi connectivity index (χ1v) is 9.67. The van der Waals surface area contributed by atoms with Crippen molar-refractivity contribution in [1.29, 1.82) is 0 Å². The number of rotatable bonds is 2. The van der Waals surface area contributed by atoms with E-state index < -0.39 is 12.2 Å². The molecule has 30 heavy (non-hydrogen) atoms. The second-order valence-corrected chi connectivity index (χ2v) is 7.17. The molecule has 0 saturated heterocycles. The zero-order valence-electron chi connectivity index (χ0n) is 15.8. The van der Waals surface area contributed by atoms with Gasteiger partial charge in [0.05, 0.1) is 28.0 Å². The molecule has 5 heterocycles. The fourth-order valence-electron chi connectivity index (χ4n) is 4.09. The van der Waals surface area contributed by atoms with E-state index in [2.05, 4.69) is 25.9 Å². The Hall–Kier alpha value is -4.20. The quantitative estimate of drug-likeness (QED) is 0.483. The first-order chi connectivity index (χ1) is 14.8. The van der Waals surface area contributed by atoms with Gasteiger partial charge in [-0.15, -0.1) is 0 Å². The number of anilines is 1.